The van der Waals surface area contributed by atoms with Gasteiger partial charge in [-0.15, -0.1) is 0 Å². The topological polar surface area (TPSA) is 81.6 Å². The van der Waals surface area contributed by atoms with Crippen LogP contribution < -0.4 is 16.2 Å². The van der Waals surface area contributed by atoms with Crippen molar-refractivity contribution in [1.82, 2.24) is 4.90 Å². The molecule has 154 valence electrons. The molecule has 2 aliphatic rings. The number of rotatable bonds is 6. The largest absolute Gasteiger partial charge is 0.489 e. The maximum Gasteiger partial charge on any atom is 0.166 e. The minimum absolute atomic E-state index is 0.136. The number of fused-ring (bicyclic) bond motifs is 1. The molecule has 1 atom stereocenters. The van der Waals surface area contributed by atoms with Crippen LogP contribution in [0.1, 0.15) is 47.2 Å². The number of nitrogen functional groups attached to an aromatic ring is 1. The quantitative estimate of drug-likeness (QED) is 0.735. The summed E-state index contributed by atoms with van der Waals surface area (Å²) in [6, 6.07) is 14.0. The zero-order chi connectivity index (χ0) is 20.2. The van der Waals surface area contributed by atoms with E-state index in [-0.39, 0.29) is 5.92 Å². The van der Waals surface area contributed by atoms with Gasteiger partial charge in [0.2, 0.25) is 0 Å². The lowest BCUT2D eigenvalue weighted by molar-refractivity contribution is 0.0877. The van der Waals surface area contributed by atoms with Crippen LogP contribution in [0.3, 0.4) is 0 Å². The van der Waals surface area contributed by atoms with Gasteiger partial charge in [0.25, 0.3) is 0 Å². The molecule has 1 aliphatic carbocycles. The second-order valence-electron chi connectivity index (χ2n) is 8.42. The summed E-state index contributed by atoms with van der Waals surface area (Å²) in [5.41, 5.74) is 15.6. The van der Waals surface area contributed by atoms with E-state index in [1.165, 1.54) is 0 Å². The molecule has 5 heteroatoms. The van der Waals surface area contributed by atoms with Gasteiger partial charge in [-0.3, -0.25) is 4.79 Å². The molecule has 5 nitrogen and oxygen atoms in total. The Morgan fingerprint density at radius 3 is 2.69 bits per heavy atom. The number of carbonyl (C=O) groups is 1. The van der Waals surface area contributed by atoms with E-state index < -0.39 is 0 Å². The lowest BCUT2D eigenvalue weighted by atomic mass is 9.81. The fourth-order valence-electron chi connectivity index (χ4n) is 4.43. The SMILES string of the molecule is Nc1cccc(COc2ccc3c(c2)CCC(CCN2CCC(N)CC2)C3=O)c1. The van der Waals surface area contributed by atoms with Crippen LogP contribution >= 0.6 is 0 Å². The summed E-state index contributed by atoms with van der Waals surface area (Å²) in [7, 11) is 0. The third kappa shape index (κ3) is 4.98. The number of anilines is 1. The van der Waals surface area contributed by atoms with Crippen LogP contribution in [0.25, 0.3) is 0 Å². The summed E-state index contributed by atoms with van der Waals surface area (Å²) in [6.07, 6.45) is 4.95. The summed E-state index contributed by atoms with van der Waals surface area (Å²) in [4.78, 5) is 15.4. The number of piperidine rings is 1. The van der Waals surface area contributed by atoms with Crippen LogP contribution in [0.2, 0.25) is 0 Å². The number of ketones is 1. The van der Waals surface area contributed by atoms with Gasteiger partial charge in [0.1, 0.15) is 12.4 Å². The van der Waals surface area contributed by atoms with Crippen molar-refractivity contribution in [2.75, 3.05) is 25.4 Å². The average Bonchev–Trinajstić information content (AvgIpc) is 2.73. The van der Waals surface area contributed by atoms with E-state index in [2.05, 4.69) is 4.90 Å². The van der Waals surface area contributed by atoms with Gasteiger partial charge >= 0.3 is 0 Å². The number of ether oxygens (including phenoxy) is 1. The third-order valence-electron chi connectivity index (χ3n) is 6.26. The Labute approximate surface area is 173 Å². The lowest BCUT2D eigenvalue weighted by Crippen LogP contribution is -2.40. The molecule has 0 spiro atoms. The Balaban J connectivity index is 1.33. The molecule has 0 aromatic heterocycles. The smallest absolute Gasteiger partial charge is 0.166 e. The Kier molecular flexibility index (Phi) is 6.16. The number of nitrogens with two attached hydrogens (primary N) is 2. The van der Waals surface area contributed by atoms with Gasteiger partial charge in [0.05, 0.1) is 0 Å². The van der Waals surface area contributed by atoms with Crippen LogP contribution in [-0.4, -0.2) is 36.4 Å². The molecule has 1 saturated heterocycles. The summed E-state index contributed by atoms with van der Waals surface area (Å²) in [6.45, 7) is 3.60. The van der Waals surface area contributed by atoms with Crippen molar-refractivity contribution in [3.8, 4) is 5.75 Å². The van der Waals surface area contributed by atoms with Crippen molar-refractivity contribution >= 4 is 11.5 Å². The van der Waals surface area contributed by atoms with Crippen LogP contribution in [0.15, 0.2) is 42.5 Å². The first-order valence-electron chi connectivity index (χ1n) is 10.7. The van der Waals surface area contributed by atoms with E-state index in [0.29, 0.717) is 18.4 Å². The molecule has 1 aliphatic heterocycles. The normalized spacial score (nSPS) is 20.4. The molecular formula is C24H31N3O2. The van der Waals surface area contributed by atoms with Crippen LogP contribution in [-0.2, 0) is 13.0 Å². The van der Waals surface area contributed by atoms with Crippen molar-refractivity contribution < 1.29 is 9.53 Å². The molecule has 1 unspecified atom stereocenters. The Hall–Kier alpha value is -2.37. The van der Waals surface area contributed by atoms with Crippen molar-refractivity contribution in [2.24, 2.45) is 11.7 Å². The number of benzene rings is 2. The predicted molar refractivity (Wildman–Crippen MR) is 116 cm³/mol. The molecule has 0 bridgehead atoms. The van der Waals surface area contributed by atoms with Crippen LogP contribution in [0.4, 0.5) is 5.69 Å². The van der Waals surface area contributed by atoms with E-state index in [9.17, 15) is 4.79 Å². The Morgan fingerprint density at radius 1 is 1.07 bits per heavy atom. The summed E-state index contributed by atoms with van der Waals surface area (Å²) in [5, 5.41) is 0. The summed E-state index contributed by atoms with van der Waals surface area (Å²) >= 11 is 0. The second-order valence-corrected chi connectivity index (χ2v) is 8.42. The van der Waals surface area contributed by atoms with Crippen molar-refractivity contribution in [1.29, 1.82) is 0 Å². The number of nitrogens with zero attached hydrogens (tertiary/aromatic N) is 1. The molecule has 29 heavy (non-hydrogen) atoms. The van der Waals surface area contributed by atoms with E-state index in [0.717, 1.165) is 79.9 Å². The Morgan fingerprint density at radius 2 is 1.90 bits per heavy atom. The maximum atomic E-state index is 13.0. The molecular weight excluding hydrogens is 362 g/mol. The van der Waals surface area contributed by atoms with E-state index in [1.54, 1.807) is 0 Å². The molecule has 4 N–H and O–H groups in total. The first kappa shape index (κ1) is 19.9. The fraction of sp³-hybridized carbons (Fsp3) is 0.458. The molecule has 4 rings (SSSR count). The first-order valence-corrected chi connectivity index (χ1v) is 10.7. The average molecular weight is 394 g/mol. The van der Waals surface area contributed by atoms with Crippen molar-refractivity contribution in [2.45, 2.75) is 44.8 Å². The molecule has 0 radical (unpaired) electrons. The fourth-order valence-corrected chi connectivity index (χ4v) is 4.43. The van der Waals surface area contributed by atoms with E-state index in [1.807, 2.05) is 42.5 Å². The highest BCUT2D eigenvalue weighted by molar-refractivity contribution is 6.00. The highest BCUT2D eigenvalue weighted by Crippen LogP contribution is 2.31. The van der Waals surface area contributed by atoms with Gasteiger partial charge in [-0.1, -0.05) is 12.1 Å². The highest BCUT2D eigenvalue weighted by atomic mass is 16.5. The number of hydrogen-bond acceptors (Lipinski definition) is 5. The van der Waals surface area contributed by atoms with E-state index in [4.69, 9.17) is 16.2 Å². The molecule has 0 amide bonds. The summed E-state index contributed by atoms with van der Waals surface area (Å²) in [5.74, 6) is 1.24. The van der Waals surface area contributed by atoms with Gasteiger partial charge < -0.3 is 21.1 Å². The number of likely N-dealkylation sites (tertiary alicyclic amines) is 1. The van der Waals surface area contributed by atoms with Gasteiger partial charge in [0, 0.05) is 23.2 Å². The monoisotopic (exact) mass is 393 g/mol. The molecule has 2 aromatic carbocycles. The zero-order valence-electron chi connectivity index (χ0n) is 17.0. The van der Waals surface area contributed by atoms with Gasteiger partial charge in [-0.25, -0.2) is 0 Å². The highest BCUT2D eigenvalue weighted by Gasteiger charge is 2.28. The maximum absolute atomic E-state index is 13.0. The predicted octanol–water partition coefficient (Wildman–Crippen LogP) is 3.41. The number of aryl methyl sites for hydroxylation is 1. The number of Topliss-reactive ketones (excluding diaryl/α,β-unsaturated/α-hetero) is 1. The molecule has 0 saturated carbocycles. The van der Waals surface area contributed by atoms with Gasteiger partial charge in [-0.05, 0) is 93.2 Å². The lowest BCUT2D eigenvalue weighted by Gasteiger charge is -2.32. The van der Waals surface area contributed by atoms with Crippen molar-refractivity contribution in [3.05, 3.63) is 59.2 Å². The standard InChI is InChI=1S/C24H31N3O2/c25-20-9-12-27(13-10-20)11-8-18-4-5-19-15-22(6-7-23(19)24(18)28)29-16-17-2-1-3-21(26)14-17/h1-3,6-7,14-15,18,20H,4-5,8-13,16,25-26H2. The van der Waals surface area contributed by atoms with Gasteiger partial charge in [-0.2, -0.15) is 0 Å². The van der Waals surface area contributed by atoms with E-state index >= 15 is 0 Å². The minimum Gasteiger partial charge on any atom is -0.489 e. The molecule has 1 fully saturated rings. The van der Waals surface area contributed by atoms with Crippen molar-refractivity contribution in [3.63, 3.8) is 0 Å². The Bertz CT molecular complexity index is 859. The molecule has 2 aromatic rings. The zero-order valence-corrected chi connectivity index (χ0v) is 17.0. The third-order valence-corrected chi connectivity index (χ3v) is 6.26. The van der Waals surface area contributed by atoms with Gasteiger partial charge in [0.15, 0.2) is 5.78 Å². The summed E-state index contributed by atoms with van der Waals surface area (Å²) < 4.78 is 5.93. The number of carbonyl (C=O) groups excluding carboxylic acids is 1. The number of hydrogen-bond donors (Lipinski definition) is 2. The molecule has 1 heterocycles. The van der Waals surface area contributed by atoms with Crippen LogP contribution in [0, 0.1) is 5.92 Å². The minimum atomic E-state index is 0.136. The second kappa shape index (κ2) is 8.97. The van der Waals surface area contributed by atoms with Crippen LogP contribution in [0.5, 0.6) is 5.75 Å². The first-order chi connectivity index (χ1) is 14.1.